The smallest absolute Gasteiger partial charge is 0.124 e. The van der Waals surface area contributed by atoms with Gasteiger partial charge in [-0.05, 0) is 36.1 Å². The average Bonchev–Trinajstić information content (AvgIpc) is 2.37. The van der Waals surface area contributed by atoms with Crippen molar-refractivity contribution in [2.45, 2.75) is 18.9 Å². The molecule has 2 aromatic rings. The average molecular weight is 264 g/mol. The van der Waals surface area contributed by atoms with Gasteiger partial charge in [-0.3, -0.25) is 0 Å². The summed E-state index contributed by atoms with van der Waals surface area (Å²) in [5.74, 6) is -0.334. The van der Waals surface area contributed by atoms with Gasteiger partial charge in [0.2, 0.25) is 0 Å². The minimum absolute atomic E-state index is 0.168. The van der Waals surface area contributed by atoms with Crippen LogP contribution in [0.2, 0.25) is 5.02 Å². The van der Waals surface area contributed by atoms with Crippen LogP contribution in [0, 0.1) is 5.82 Å². The Hall–Kier alpha value is -1.38. The second kappa shape index (κ2) is 5.98. The van der Waals surface area contributed by atoms with Gasteiger partial charge in [0.15, 0.2) is 0 Å². The minimum Gasteiger partial charge on any atom is -0.324 e. The molecule has 0 saturated heterocycles. The van der Waals surface area contributed by atoms with Crippen LogP contribution < -0.4 is 5.73 Å². The standard InChI is InChI=1S/C15H15ClFN/c16-14-10-12(17)7-8-13(14)15(18)9-6-11-4-2-1-3-5-11/h1-5,7-8,10,15H,6,9,18H2. The van der Waals surface area contributed by atoms with Gasteiger partial charge in [-0.15, -0.1) is 0 Å². The molecular weight excluding hydrogens is 249 g/mol. The lowest BCUT2D eigenvalue weighted by molar-refractivity contribution is 0.619. The van der Waals surface area contributed by atoms with Gasteiger partial charge in [0.05, 0.1) is 0 Å². The number of halogens is 2. The molecule has 0 aromatic heterocycles. The minimum atomic E-state index is -0.334. The van der Waals surface area contributed by atoms with E-state index in [0.717, 1.165) is 18.4 Å². The van der Waals surface area contributed by atoms with Crippen LogP contribution in [0.3, 0.4) is 0 Å². The summed E-state index contributed by atoms with van der Waals surface area (Å²) in [5.41, 5.74) is 8.13. The summed E-state index contributed by atoms with van der Waals surface area (Å²) >= 11 is 5.99. The second-order valence-electron chi connectivity index (χ2n) is 4.30. The number of hydrogen-bond donors (Lipinski definition) is 1. The summed E-state index contributed by atoms with van der Waals surface area (Å²) in [5, 5.41) is 0.399. The number of rotatable bonds is 4. The summed E-state index contributed by atoms with van der Waals surface area (Å²) < 4.78 is 12.9. The van der Waals surface area contributed by atoms with Crippen molar-refractivity contribution in [3.63, 3.8) is 0 Å². The third-order valence-corrected chi connectivity index (χ3v) is 3.28. The molecule has 0 aliphatic carbocycles. The first-order valence-electron chi connectivity index (χ1n) is 5.91. The molecule has 18 heavy (non-hydrogen) atoms. The fourth-order valence-corrected chi connectivity index (χ4v) is 2.23. The molecule has 1 unspecified atom stereocenters. The number of nitrogens with two attached hydrogens (primary N) is 1. The number of aryl methyl sites for hydroxylation is 1. The monoisotopic (exact) mass is 263 g/mol. The molecular formula is C15H15ClFN. The van der Waals surface area contributed by atoms with Crippen LogP contribution in [0.15, 0.2) is 48.5 Å². The van der Waals surface area contributed by atoms with Gasteiger partial charge in [-0.1, -0.05) is 48.0 Å². The molecule has 94 valence electrons. The van der Waals surface area contributed by atoms with Crippen molar-refractivity contribution in [1.29, 1.82) is 0 Å². The van der Waals surface area contributed by atoms with E-state index in [9.17, 15) is 4.39 Å². The SMILES string of the molecule is NC(CCc1ccccc1)c1ccc(F)cc1Cl. The van der Waals surface area contributed by atoms with E-state index >= 15 is 0 Å². The van der Waals surface area contributed by atoms with Crippen LogP contribution in [0.1, 0.15) is 23.6 Å². The van der Waals surface area contributed by atoms with Gasteiger partial charge >= 0.3 is 0 Å². The van der Waals surface area contributed by atoms with Crippen molar-refractivity contribution >= 4 is 11.6 Å². The van der Waals surface area contributed by atoms with Crippen molar-refractivity contribution in [2.75, 3.05) is 0 Å². The second-order valence-corrected chi connectivity index (χ2v) is 4.70. The highest BCUT2D eigenvalue weighted by Gasteiger charge is 2.10. The maximum atomic E-state index is 12.9. The van der Waals surface area contributed by atoms with E-state index in [0.29, 0.717) is 5.02 Å². The van der Waals surface area contributed by atoms with Gasteiger partial charge < -0.3 is 5.73 Å². The van der Waals surface area contributed by atoms with E-state index in [1.807, 2.05) is 18.2 Å². The molecule has 2 N–H and O–H groups in total. The number of hydrogen-bond acceptors (Lipinski definition) is 1. The molecule has 1 atom stereocenters. The Kier molecular flexibility index (Phi) is 4.34. The van der Waals surface area contributed by atoms with Crippen molar-refractivity contribution < 1.29 is 4.39 Å². The summed E-state index contributed by atoms with van der Waals surface area (Å²) in [6, 6.07) is 14.3. The molecule has 0 amide bonds. The van der Waals surface area contributed by atoms with E-state index in [1.165, 1.54) is 17.7 Å². The van der Waals surface area contributed by atoms with Gasteiger partial charge in [0.1, 0.15) is 5.82 Å². The fraction of sp³-hybridized carbons (Fsp3) is 0.200. The zero-order valence-electron chi connectivity index (χ0n) is 9.94. The molecule has 1 nitrogen and oxygen atoms in total. The predicted octanol–water partition coefficient (Wildman–Crippen LogP) is 4.11. The van der Waals surface area contributed by atoms with Gasteiger partial charge in [0.25, 0.3) is 0 Å². The van der Waals surface area contributed by atoms with Gasteiger partial charge in [0, 0.05) is 11.1 Å². The normalized spacial score (nSPS) is 12.4. The maximum Gasteiger partial charge on any atom is 0.124 e. The zero-order chi connectivity index (χ0) is 13.0. The molecule has 0 heterocycles. The summed E-state index contributed by atoms with van der Waals surface area (Å²) in [6.07, 6.45) is 1.67. The van der Waals surface area contributed by atoms with E-state index in [1.54, 1.807) is 6.07 Å². The molecule has 2 aromatic carbocycles. The fourth-order valence-electron chi connectivity index (χ4n) is 1.92. The molecule has 0 spiro atoms. The third-order valence-electron chi connectivity index (χ3n) is 2.95. The quantitative estimate of drug-likeness (QED) is 0.883. The van der Waals surface area contributed by atoms with E-state index in [-0.39, 0.29) is 11.9 Å². The topological polar surface area (TPSA) is 26.0 Å². The lowest BCUT2D eigenvalue weighted by Gasteiger charge is -2.13. The highest BCUT2D eigenvalue weighted by atomic mass is 35.5. The largest absolute Gasteiger partial charge is 0.324 e. The van der Waals surface area contributed by atoms with Crippen LogP contribution >= 0.6 is 11.6 Å². The highest BCUT2D eigenvalue weighted by Crippen LogP contribution is 2.25. The molecule has 0 radical (unpaired) electrons. The highest BCUT2D eigenvalue weighted by molar-refractivity contribution is 6.31. The lowest BCUT2D eigenvalue weighted by atomic mass is 10.00. The Morgan fingerprint density at radius 3 is 2.50 bits per heavy atom. The van der Waals surface area contributed by atoms with Crippen LogP contribution in [-0.4, -0.2) is 0 Å². The molecule has 0 saturated carbocycles. The molecule has 2 rings (SSSR count). The van der Waals surface area contributed by atoms with E-state index < -0.39 is 0 Å². The molecule has 0 aliphatic heterocycles. The van der Waals surface area contributed by atoms with Gasteiger partial charge in [-0.25, -0.2) is 4.39 Å². The van der Waals surface area contributed by atoms with Crippen molar-refractivity contribution in [3.8, 4) is 0 Å². The van der Waals surface area contributed by atoms with Crippen LogP contribution in [-0.2, 0) is 6.42 Å². The summed E-state index contributed by atoms with van der Waals surface area (Å²) in [7, 11) is 0. The molecule has 3 heteroatoms. The van der Waals surface area contributed by atoms with Crippen molar-refractivity contribution in [2.24, 2.45) is 5.73 Å². The Bertz CT molecular complexity index is 513. The molecule has 0 bridgehead atoms. The Morgan fingerprint density at radius 2 is 1.83 bits per heavy atom. The summed E-state index contributed by atoms with van der Waals surface area (Å²) in [6.45, 7) is 0. The van der Waals surface area contributed by atoms with Crippen molar-refractivity contribution in [3.05, 3.63) is 70.5 Å². The molecule has 0 fully saturated rings. The van der Waals surface area contributed by atoms with Crippen LogP contribution in [0.5, 0.6) is 0 Å². The summed E-state index contributed by atoms with van der Waals surface area (Å²) in [4.78, 5) is 0. The Labute approximate surface area is 111 Å². The lowest BCUT2D eigenvalue weighted by Crippen LogP contribution is -2.12. The molecule has 0 aliphatic rings. The first-order valence-corrected chi connectivity index (χ1v) is 6.29. The first-order chi connectivity index (χ1) is 8.66. The van der Waals surface area contributed by atoms with Crippen molar-refractivity contribution in [1.82, 2.24) is 0 Å². The maximum absolute atomic E-state index is 12.9. The van der Waals surface area contributed by atoms with E-state index in [4.69, 9.17) is 17.3 Å². The Morgan fingerprint density at radius 1 is 1.11 bits per heavy atom. The number of benzene rings is 2. The zero-order valence-corrected chi connectivity index (χ0v) is 10.7. The third kappa shape index (κ3) is 3.31. The predicted molar refractivity (Wildman–Crippen MR) is 73.1 cm³/mol. The Balaban J connectivity index is 2.01. The first kappa shape index (κ1) is 13.1. The van der Waals surface area contributed by atoms with Gasteiger partial charge in [-0.2, -0.15) is 0 Å². The van der Waals surface area contributed by atoms with Crippen LogP contribution in [0.4, 0.5) is 4.39 Å². The van der Waals surface area contributed by atoms with E-state index in [2.05, 4.69) is 12.1 Å². The van der Waals surface area contributed by atoms with Crippen LogP contribution in [0.25, 0.3) is 0 Å².